The van der Waals surface area contributed by atoms with Gasteiger partial charge in [-0.1, -0.05) is 48.0 Å². The lowest BCUT2D eigenvalue weighted by Gasteiger charge is -2.28. The molecular formula is C19H16ClN3O2. The minimum atomic E-state index is -0.806. The van der Waals surface area contributed by atoms with E-state index in [2.05, 4.69) is 4.99 Å². The average Bonchev–Trinajstić information content (AvgIpc) is 3.04. The Labute approximate surface area is 150 Å². The van der Waals surface area contributed by atoms with Crippen LogP contribution in [0.3, 0.4) is 0 Å². The maximum absolute atomic E-state index is 12.9. The molecule has 0 aromatic heterocycles. The van der Waals surface area contributed by atoms with Gasteiger partial charge in [0, 0.05) is 23.8 Å². The van der Waals surface area contributed by atoms with Crippen molar-refractivity contribution in [1.82, 2.24) is 4.90 Å². The summed E-state index contributed by atoms with van der Waals surface area (Å²) in [5, 5.41) is 0.560. The van der Waals surface area contributed by atoms with Gasteiger partial charge in [-0.25, -0.2) is 0 Å². The van der Waals surface area contributed by atoms with Crippen LogP contribution in [-0.4, -0.2) is 35.8 Å². The monoisotopic (exact) mass is 353 g/mol. The van der Waals surface area contributed by atoms with Crippen molar-refractivity contribution in [3.05, 3.63) is 65.2 Å². The van der Waals surface area contributed by atoms with Crippen LogP contribution < -0.4 is 4.90 Å². The van der Waals surface area contributed by atoms with E-state index in [9.17, 15) is 9.59 Å². The minimum absolute atomic E-state index is 0.201. The molecule has 0 radical (unpaired) electrons. The van der Waals surface area contributed by atoms with Crippen LogP contribution in [0.15, 0.2) is 59.6 Å². The lowest BCUT2D eigenvalue weighted by atomic mass is 9.96. The number of halogens is 1. The van der Waals surface area contributed by atoms with Gasteiger partial charge in [-0.15, -0.1) is 0 Å². The maximum Gasteiger partial charge on any atom is 0.261 e. The van der Waals surface area contributed by atoms with E-state index in [0.29, 0.717) is 24.1 Å². The molecule has 1 unspecified atom stereocenters. The summed E-state index contributed by atoms with van der Waals surface area (Å²) >= 11 is 6.17. The minimum Gasteiger partial charge on any atom is -0.310 e. The van der Waals surface area contributed by atoms with Gasteiger partial charge in [-0.2, -0.15) is 4.99 Å². The number of guanidine groups is 1. The third kappa shape index (κ3) is 2.81. The molecule has 0 spiro atoms. The first-order valence-electron chi connectivity index (χ1n) is 8.15. The number of carbonyl (C=O) groups excluding carboxylic acids is 2. The van der Waals surface area contributed by atoms with Crippen molar-refractivity contribution in [2.24, 2.45) is 10.9 Å². The van der Waals surface area contributed by atoms with Crippen LogP contribution in [0.1, 0.15) is 5.56 Å². The molecule has 1 atom stereocenters. The van der Waals surface area contributed by atoms with E-state index in [1.807, 2.05) is 53.4 Å². The number of fused-ring (bicyclic) bond motifs is 1. The zero-order chi connectivity index (χ0) is 17.4. The van der Waals surface area contributed by atoms with Crippen LogP contribution in [-0.2, 0) is 16.0 Å². The third-order valence-electron chi connectivity index (χ3n) is 4.55. The van der Waals surface area contributed by atoms with Crippen LogP contribution >= 0.6 is 11.6 Å². The highest BCUT2D eigenvalue weighted by molar-refractivity contribution is 6.31. The van der Waals surface area contributed by atoms with Crippen molar-refractivity contribution < 1.29 is 9.59 Å². The van der Waals surface area contributed by atoms with Gasteiger partial charge in [0.15, 0.2) is 0 Å². The quantitative estimate of drug-likeness (QED) is 0.797. The summed E-state index contributed by atoms with van der Waals surface area (Å²) in [6.45, 7) is 1.15. The lowest BCUT2D eigenvalue weighted by molar-refractivity contribution is -0.138. The number of amides is 2. The molecule has 2 amide bonds. The summed E-state index contributed by atoms with van der Waals surface area (Å²) in [7, 11) is 0. The molecule has 0 N–H and O–H groups in total. The fraction of sp³-hybridized carbons (Fsp3) is 0.211. The first-order chi connectivity index (χ1) is 12.1. The van der Waals surface area contributed by atoms with Crippen molar-refractivity contribution in [3.63, 3.8) is 0 Å². The number of para-hydroxylation sites is 1. The molecule has 2 aromatic carbocycles. The first-order valence-corrected chi connectivity index (χ1v) is 8.53. The number of hydrogen-bond donors (Lipinski definition) is 0. The van der Waals surface area contributed by atoms with E-state index >= 15 is 0 Å². The molecule has 2 aromatic rings. The molecule has 126 valence electrons. The van der Waals surface area contributed by atoms with Gasteiger partial charge in [0.1, 0.15) is 5.92 Å². The Kier molecular flexibility index (Phi) is 4.01. The van der Waals surface area contributed by atoms with Crippen molar-refractivity contribution >= 4 is 35.1 Å². The largest absolute Gasteiger partial charge is 0.310 e. The van der Waals surface area contributed by atoms with Crippen LogP contribution in [0.4, 0.5) is 5.69 Å². The molecule has 2 aliphatic rings. The second kappa shape index (κ2) is 6.33. The van der Waals surface area contributed by atoms with Crippen LogP contribution in [0.2, 0.25) is 5.02 Å². The topological polar surface area (TPSA) is 53.0 Å². The number of benzene rings is 2. The molecule has 1 fully saturated rings. The number of rotatable bonds is 3. The van der Waals surface area contributed by atoms with Gasteiger partial charge in [0.2, 0.25) is 11.9 Å². The van der Waals surface area contributed by atoms with Gasteiger partial charge in [-0.3, -0.25) is 14.5 Å². The van der Waals surface area contributed by atoms with E-state index in [1.54, 1.807) is 11.0 Å². The van der Waals surface area contributed by atoms with E-state index in [1.165, 1.54) is 0 Å². The summed E-state index contributed by atoms with van der Waals surface area (Å²) in [6.07, 6.45) is 0.274. The zero-order valence-electron chi connectivity index (χ0n) is 13.4. The van der Waals surface area contributed by atoms with E-state index in [4.69, 9.17) is 11.6 Å². The number of hydrogen-bond acceptors (Lipinski definition) is 3. The highest BCUT2D eigenvalue weighted by Crippen LogP contribution is 2.28. The smallest absolute Gasteiger partial charge is 0.261 e. The Morgan fingerprint density at radius 2 is 1.64 bits per heavy atom. The molecule has 5 nitrogen and oxygen atoms in total. The molecular weight excluding hydrogens is 338 g/mol. The van der Waals surface area contributed by atoms with E-state index in [0.717, 1.165) is 11.3 Å². The molecule has 1 saturated heterocycles. The summed E-state index contributed by atoms with van der Waals surface area (Å²) in [5.74, 6) is -0.983. The SMILES string of the molecule is O=C1N=C2N(CCN2c2ccccc2)C(=O)C1Cc1ccccc1Cl. The normalized spacial score (nSPS) is 19.9. The Morgan fingerprint density at radius 1 is 0.960 bits per heavy atom. The van der Waals surface area contributed by atoms with E-state index < -0.39 is 11.8 Å². The summed E-state index contributed by atoms with van der Waals surface area (Å²) in [4.78, 5) is 33.1. The van der Waals surface area contributed by atoms with Gasteiger partial charge >= 0.3 is 0 Å². The van der Waals surface area contributed by atoms with Crippen LogP contribution in [0.25, 0.3) is 0 Å². The Hall–Kier alpha value is -2.66. The van der Waals surface area contributed by atoms with Crippen LogP contribution in [0.5, 0.6) is 0 Å². The molecule has 25 heavy (non-hydrogen) atoms. The second-order valence-corrected chi connectivity index (χ2v) is 6.48. The molecule has 0 bridgehead atoms. The summed E-state index contributed by atoms with van der Waals surface area (Å²) in [6, 6.07) is 16.9. The predicted octanol–water partition coefficient (Wildman–Crippen LogP) is 2.74. The fourth-order valence-corrected chi connectivity index (χ4v) is 3.47. The Bertz CT molecular complexity index is 866. The zero-order valence-corrected chi connectivity index (χ0v) is 14.2. The Balaban J connectivity index is 1.63. The third-order valence-corrected chi connectivity index (χ3v) is 4.92. The molecule has 2 heterocycles. The molecule has 4 rings (SSSR count). The van der Waals surface area contributed by atoms with Crippen molar-refractivity contribution in [3.8, 4) is 0 Å². The lowest BCUT2D eigenvalue weighted by Crippen LogP contribution is -2.48. The summed E-state index contributed by atoms with van der Waals surface area (Å²) < 4.78 is 0. The predicted molar refractivity (Wildman–Crippen MR) is 96.6 cm³/mol. The number of carbonyl (C=O) groups is 2. The van der Waals surface area contributed by atoms with Crippen LogP contribution in [0, 0.1) is 5.92 Å². The van der Waals surface area contributed by atoms with Crippen molar-refractivity contribution in [1.29, 1.82) is 0 Å². The number of anilines is 1. The summed E-state index contributed by atoms with van der Waals surface area (Å²) in [5.41, 5.74) is 1.71. The molecule has 6 heteroatoms. The van der Waals surface area contributed by atoms with Gasteiger partial charge < -0.3 is 4.90 Å². The highest BCUT2D eigenvalue weighted by Gasteiger charge is 2.43. The van der Waals surface area contributed by atoms with E-state index in [-0.39, 0.29) is 12.3 Å². The number of aliphatic imine (C=N–C) groups is 1. The van der Waals surface area contributed by atoms with Gasteiger partial charge in [0.25, 0.3) is 5.91 Å². The molecule has 0 aliphatic carbocycles. The maximum atomic E-state index is 12.9. The first kappa shape index (κ1) is 15.8. The Morgan fingerprint density at radius 3 is 2.40 bits per heavy atom. The number of nitrogens with zero attached hydrogens (tertiary/aromatic N) is 3. The van der Waals surface area contributed by atoms with Gasteiger partial charge in [0.05, 0.1) is 0 Å². The van der Waals surface area contributed by atoms with Crippen molar-refractivity contribution in [2.75, 3.05) is 18.0 Å². The average molecular weight is 354 g/mol. The molecule has 0 saturated carbocycles. The second-order valence-electron chi connectivity index (χ2n) is 6.08. The highest BCUT2D eigenvalue weighted by atomic mass is 35.5. The standard InChI is InChI=1S/C19H16ClN3O2/c20-16-9-5-4-6-13(16)12-15-17(24)21-19-22(10-11-23(19)18(15)25)14-7-2-1-3-8-14/h1-9,15H,10-12H2. The van der Waals surface area contributed by atoms with Crippen molar-refractivity contribution in [2.45, 2.75) is 6.42 Å². The van der Waals surface area contributed by atoms with Gasteiger partial charge in [-0.05, 0) is 30.2 Å². The fourth-order valence-electron chi connectivity index (χ4n) is 3.26. The molecule has 2 aliphatic heterocycles.